The van der Waals surface area contributed by atoms with Crippen molar-refractivity contribution < 1.29 is 4.79 Å². The fraction of sp³-hybridized carbons (Fsp3) is 0.364. The lowest BCUT2D eigenvalue weighted by molar-refractivity contribution is 0.0955. The first-order valence-corrected chi connectivity index (χ1v) is 4.81. The molecule has 0 radical (unpaired) electrons. The van der Waals surface area contributed by atoms with E-state index in [1.807, 2.05) is 17.7 Å². The second-order valence-corrected chi connectivity index (χ2v) is 3.52. The molecular formula is C11H14N2O. The SMILES string of the molecule is CNC(=O)c1cc2c(n1C)C=CCC2. The smallest absolute Gasteiger partial charge is 0.267 e. The summed E-state index contributed by atoms with van der Waals surface area (Å²) in [4.78, 5) is 11.5. The predicted octanol–water partition coefficient (Wildman–Crippen LogP) is 1.34. The number of amides is 1. The van der Waals surface area contributed by atoms with Gasteiger partial charge in [-0.25, -0.2) is 0 Å². The van der Waals surface area contributed by atoms with Gasteiger partial charge in [-0.2, -0.15) is 0 Å². The summed E-state index contributed by atoms with van der Waals surface area (Å²) in [5.74, 6) is -0.0182. The molecule has 1 heterocycles. The van der Waals surface area contributed by atoms with Gasteiger partial charge in [0.2, 0.25) is 0 Å². The normalized spacial score (nSPS) is 13.9. The van der Waals surface area contributed by atoms with E-state index < -0.39 is 0 Å². The number of rotatable bonds is 1. The van der Waals surface area contributed by atoms with Gasteiger partial charge in [0.25, 0.3) is 5.91 Å². The lowest BCUT2D eigenvalue weighted by atomic mass is 10.0. The number of aryl methyl sites for hydroxylation is 1. The molecule has 0 bridgehead atoms. The van der Waals surface area contributed by atoms with E-state index in [4.69, 9.17) is 0 Å². The molecule has 1 aliphatic rings. The summed E-state index contributed by atoms with van der Waals surface area (Å²) >= 11 is 0. The fourth-order valence-electron chi connectivity index (χ4n) is 1.88. The Labute approximate surface area is 83.4 Å². The van der Waals surface area contributed by atoms with Crippen LogP contribution in [0, 0.1) is 0 Å². The van der Waals surface area contributed by atoms with Crippen LogP contribution in [0.15, 0.2) is 12.1 Å². The first kappa shape index (κ1) is 9.06. The second kappa shape index (κ2) is 3.33. The zero-order chi connectivity index (χ0) is 10.1. The summed E-state index contributed by atoms with van der Waals surface area (Å²) < 4.78 is 1.95. The molecule has 1 amide bonds. The van der Waals surface area contributed by atoms with Crippen LogP contribution in [0.25, 0.3) is 6.08 Å². The molecule has 0 saturated carbocycles. The minimum atomic E-state index is -0.0182. The molecule has 0 saturated heterocycles. The Morgan fingerprint density at radius 2 is 2.36 bits per heavy atom. The van der Waals surface area contributed by atoms with Crippen LogP contribution >= 0.6 is 0 Å². The lowest BCUT2D eigenvalue weighted by Gasteiger charge is -2.07. The molecule has 0 fully saturated rings. The largest absolute Gasteiger partial charge is 0.354 e. The van der Waals surface area contributed by atoms with Gasteiger partial charge < -0.3 is 9.88 Å². The standard InChI is InChI=1S/C11H14N2O/c1-12-11(14)10-7-8-5-3-4-6-9(8)13(10)2/h4,6-7H,3,5H2,1-2H3,(H,12,14). The van der Waals surface area contributed by atoms with Gasteiger partial charge in [0.1, 0.15) is 5.69 Å². The topological polar surface area (TPSA) is 34.0 Å². The quantitative estimate of drug-likeness (QED) is 0.712. The molecule has 0 aliphatic heterocycles. The van der Waals surface area contributed by atoms with Crippen LogP contribution in [0.4, 0.5) is 0 Å². The number of hydrogen-bond acceptors (Lipinski definition) is 1. The Morgan fingerprint density at radius 1 is 1.57 bits per heavy atom. The molecule has 0 aromatic carbocycles. The van der Waals surface area contributed by atoms with Gasteiger partial charge in [0, 0.05) is 19.8 Å². The summed E-state index contributed by atoms with van der Waals surface area (Å²) in [6.07, 6.45) is 6.35. The molecule has 1 aromatic heterocycles. The van der Waals surface area contributed by atoms with E-state index in [0.717, 1.165) is 24.2 Å². The summed E-state index contributed by atoms with van der Waals surface area (Å²) in [5.41, 5.74) is 3.17. The summed E-state index contributed by atoms with van der Waals surface area (Å²) in [6.45, 7) is 0. The summed E-state index contributed by atoms with van der Waals surface area (Å²) in [7, 11) is 3.59. The molecule has 74 valence electrons. The van der Waals surface area contributed by atoms with Crippen molar-refractivity contribution in [3.63, 3.8) is 0 Å². The summed E-state index contributed by atoms with van der Waals surface area (Å²) in [6, 6.07) is 1.98. The Hall–Kier alpha value is -1.51. The molecule has 1 aromatic rings. The van der Waals surface area contributed by atoms with Crippen LogP contribution < -0.4 is 5.32 Å². The van der Waals surface area contributed by atoms with E-state index in [0.29, 0.717) is 0 Å². The second-order valence-electron chi connectivity index (χ2n) is 3.52. The van der Waals surface area contributed by atoms with Crippen molar-refractivity contribution in [2.24, 2.45) is 7.05 Å². The minimum absolute atomic E-state index is 0.0182. The van der Waals surface area contributed by atoms with Crippen molar-refractivity contribution in [1.29, 1.82) is 0 Å². The monoisotopic (exact) mass is 190 g/mol. The molecular weight excluding hydrogens is 176 g/mol. The Balaban J connectivity index is 2.50. The predicted molar refractivity (Wildman–Crippen MR) is 56.2 cm³/mol. The Morgan fingerprint density at radius 3 is 3.00 bits per heavy atom. The molecule has 3 heteroatoms. The van der Waals surface area contributed by atoms with Crippen LogP contribution in [0.1, 0.15) is 28.2 Å². The van der Waals surface area contributed by atoms with Crippen molar-refractivity contribution in [3.8, 4) is 0 Å². The van der Waals surface area contributed by atoms with Crippen LogP contribution in [0.5, 0.6) is 0 Å². The van der Waals surface area contributed by atoms with Crippen LogP contribution in [-0.4, -0.2) is 17.5 Å². The van der Waals surface area contributed by atoms with Crippen LogP contribution in [0.3, 0.4) is 0 Å². The molecule has 0 spiro atoms. The van der Waals surface area contributed by atoms with Crippen molar-refractivity contribution in [3.05, 3.63) is 29.1 Å². The molecule has 0 atom stereocenters. The van der Waals surface area contributed by atoms with E-state index >= 15 is 0 Å². The first-order chi connectivity index (χ1) is 6.74. The third-order valence-corrected chi connectivity index (χ3v) is 2.68. The Kier molecular flexibility index (Phi) is 2.15. The lowest BCUT2D eigenvalue weighted by Crippen LogP contribution is -2.20. The van der Waals surface area contributed by atoms with Crippen molar-refractivity contribution >= 4 is 12.0 Å². The first-order valence-electron chi connectivity index (χ1n) is 4.81. The Bertz CT molecular complexity index is 402. The highest BCUT2D eigenvalue weighted by Gasteiger charge is 2.16. The maximum Gasteiger partial charge on any atom is 0.267 e. The number of aromatic nitrogens is 1. The number of nitrogens with one attached hydrogen (secondary N) is 1. The summed E-state index contributed by atoms with van der Waals surface area (Å²) in [5, 5.41) is 2.65. The number of fused-ring (bicyclic) bond motifs is 1. The van der Waals surface area contributed by atoms with Gasteiger partial charge >= 0.3 is 0 Å². The van der Waals surface area contributed by atoms with Gasteiger partial charge in [0.15, 0.2) is 0 Å². The zero-order valence-corrected chi connectivity index (χ0v) is 8.50. The molecule has 2 rings (SSSR count). The highest BCUT2D eigenvalue weighted by molar-refractivity contribution is 5.93. The number of carbonyl (C=O) groups excluding carboxylic acids is 1. The fourth-order valence-corrected chi connectivity index (χ4v) is 1.88. The zero-order valence-electron chi connectivity index (χ0n) is 8.50. The van der Waals surface area contributed by atoms with E-state index in [9.17, 15) is 4.79 Å². The van der Waals surface area contributed by atoms with Gasteiger partial charge in [-0.1, -0.05) is 6.08 Å². The molecule has 0 unspecified atom stereocenters. The van der Waals surface area contributed by atoms with Crippen molar-refractivity contribution in [2.45, 2.75) is 12.8 Å². The highest BCUT2D eigenvalue weighted by Crippen LogP contribution is 2.22. The van der Waals surface area contributed by atoms with Gasteiger partial charge in [-0.3, -0.25) is 4.79 Å². The minimum Gasteiger partial charge on any atom is -0.354 e. The van der Waals surface area contributed by atoms with Crippen molar-refractivity contribution in [2.75, 3.05) is 7.05 Å². The molecule has 14 heavy (non-hydrogen) atoms. The number of nitrogens with zero attached hydrogens (tertiary/aromatic N) is 1. The van der Waals surface area contributed by atoms with Crippen LogP contribution in [0.2, 0.25) is 0 Å². The van der Waals surface area contributed by atoms with Gasteiger partial charge in [-0.15, -0.1) is 0 Å². The third-order valence-electron chi connectivity index (χ3n) is 2.68. The number of hydrogen-bond donors (Lipinski definition) is 1. The maximum absolute atomic E-state index is 11.5. The van der Waals surface area contributed by atoms with Gasteiger partial charge in [0.05, 0.1) is 0 Å². The third kappa shape index (κ3) is 1.25. The van der Waals surface area contributed by atoms with E-state index in [1.165, 1.54) is 5.56 Å². The molecule has 1 N–H and O–H groups in total. The highest BCUT2D eigenvalue weighted by atomic mass is 16.1. The average Bonchev–Trinajstić information content (AvgIpc) is 2.56. The van der Waals surface area contributed by atoms with Crippen LogP contribution in [-0.2, 0) is 13.5 Å². The van der Waals surface area contributed by atoms with E-state index in [-0.39, 0.29) is 5.91 Å². The number of carbonyl (C=O) groups is 1. The van der Waals surface area contributed by atoms with Crippen molar-refractivity contribution in [1.82, 2.24) is 9.88 Å². The van der Waals surface area contributed by atoms with Gasteiger partial charge in [-0.05, 0) is 30.5 Å². The molecule has 1 aliphatic carbocycles. The maximum atomic E-state index is 11.5. The number of allylic oxidation sites excluding steroid dienone is 1. The average molecular weight is 190 g/mol. The molecule has 3 nitrogen and oxygen atoms in total. The van der Waals surface area contributed by atoms with E-state index in [2.05, 4.69) is 17.5 Å². The van der Waals surface area contributed by atoms with E-state index in [1.54, 1.807) is 7.05 Å².